The Labute approximate surface area is 121 Å². The maximum atomic E-state index is 9.68. The molecule has 2 aliphatic rings. The summed E-state index contributed by atoms with van der Waals surface area (Å²) in [6, 6.07) is 0. The highest BCUT2D eigenvalue weighted by molar-refractivity contribution is 4.85. The van der Waals surface area contributed by atoms with Gasteiger partial charge in [0.1, 0.15) is 24.4 Å². The van der Waals surface area contributed by atoms with Crippen molar-refractivity contribution in [1.82, 2.24) is 0 Å². The Hall–Kier alpha value is -0.360. The van der Waals surface area contributed by atoms with E-state index in [0.717, 1.165) is 0 Å². The molecule has 21 heavy (non-hydrogen) atoms. The van der Waals surface area contributed by atoms with E-state index in [2.05, 4.69) is 0 Å². The lowest BCUT2D eigenvalue weighted by Gasteiger charge is -2.40. The Kier molecular flexibility index (Phi) is 5.88. The molecule has 2 heterocycles. The minimum atomic E-state index is -1.21. The van der Waals surface area contributed by atoms with E-state index < -0.39 is 62.4 Å². The van der Waals surface area contributed by atoms with Crippen LogP contribution >= 0.6 is 0 Å². The summed E-state index contributed by atoms with van der Waals surface area (Å²) in [7, 11) is 0. The third-order valence-electron chi connectivity index (χ3n) is 3.73. The van der Waals surface area contributed by atoms with E-state index >= 15 is 0 Å². The van der Waals surface area contributed by atoms with Crippen LogP contribution in [0.2, 0.25) is 0 Å². The maximum Gasteiger partial charge on any atom is 0.163 e. The third-order valence-corrected chi connectivity index (χ3v) is 3.73. The van der Waals surface area contributed by atoms with E-state index in [1.807, 2.05) is 0 Å². The molecule has 2 fully saturated rings. The van der Waals surface area contributed by atoms with Gasteiger partial charge in [0.05, 0.1) is 25.4 Å². The van der Waals surface area contributed by atoms with Crippen molar-refractivity contribution in [2.75, 3.05) is 13.2 Å². The average Bonchev–Trinajstić information content (AvgIpc) is 2.46. The van der Waals surface area contributed by atoms with Crippen LogP contribution in [0, 0.1) is 0 Å². The lowest BCUT2D eigenvalue weighted by atomic mass is 10.0. The Bertz CT molecular complexity index is 298. The molecule has 9 nitrogen and oxygen atoms in total. The molecule has 0 spiro atoms. The Morgan fingerprint density at radius 2 is 1.14 bits per heavy atom. The number of aliphatic hydroxyl groups excluding tert-OH is 6. The van der Waals surface area contributed by atoms with Gasteiger partial charge < -0.3 is 44.8 Å². The van der Waals surface area contributed by atoms with Gasteiger partial charge in [0.2, 0.25) is 0 Å². The quantitative estimate of drug-likeness (QED) is 0.313. The van der Waals surface area contributed by atoms with E-state index in [-0.39, 0.29) is 12.8 Å². The molecule has 0 aromatic rings. The average molecular weight is 310 g/mol. The fourth-order valence-corrected chi connectivity index (χ4v) is 2.48. The summed E-state index contributed by atoms with van der Waals surface area (Å²) < 4.78 is 16.0. The second-order valence-corrected chi connectivity index (χ2v) is 5.30. The smallest absolute Gasteiger partial charge is 0.163 e. The molecular formula is C12H22O9. The van der Waals surface area contributed by atoms with Gasteiger partial charge in [-0.15, -0.1) is 0 Å². The normalized spacial score (nSPS) is 48.3. The standard InChI is InChI=1S/C12H22O9/c13-3-7-11(17)5(15)1-9(19-7)21-10-2-6(16)12(18)8(4-14)20-10/h5-18H,1-4H2/t5-,6-,7-,8-,9-,10-,11-,12-/m1/s1. The van der Waals surface area contributed by atoms with E-state index in [0.29, 0.717) is 0 Å². The Morgan fingerprint density at radius 3 is 1.48 bits per heavy atom. The zero-order valence-electron chi connectivity index (χ0n) is 11.4. The second-order valence-electron chi connectivity index (χ2n) is 5.30. The maximum absolute atomic E-state index is 9.68. The van der Waals surface area contributed by atoms with Crippen LogP contribution in [0.5, 0.6) is 0 Å². The van der Waals surface area contributed by atoms with Crippen molar-refractivity contribution < 1.29 is 44.8 Å². The van der Waals surface area contributed by atoms with Crippen LogP contribution in [0.4, 0.5) is 0 Å². The third kappa shape index (κ3) is 3.89. The lowest BCUT2D eigenvalue weighted by molar-refractivity contribution is -0.333. The van der Waals surface area contributed by atoms with Crippen LogP contribution in [0.15, 0.2) is 0 Å². The van der Waals surface area contributed by atoms with E-state index in [1.54, 1.807) is 0 Å². The molecule has 8 atom stereocenters. The fraction of sp³-hybridized carbons (Fsp3) is 1.00. The number of rotatable bonds is 4. The topological polar surface area (TPSA) is 149 Å². The highest BCUT2D eigenvalue weighted by Gasteiger charge is 2.41. The van der Waals surface area contributed by atoms with Crippen molar-refractivity contribution in [2.24, 2.45) is 0 Å². The number of hydrogen-bond acceptors (Lipinski definition) is 9. The van der Waals surface area contributed by atoms with Crippen molar-refractivity contribution >= 4 is 0 Å². The van der Waals surface area contributed by atoms with E-state index in [1.165, 1.54) is 0 Å². The van der Waals surface area contributed by atoms with Crippen LogP contribution in [0.25, 0.3) is 0 Å². The summed E-state index contributed by atoms with van der Waals surface area (Å²) in [5, 5.41) is 56.7. The molecule has 124 valence electrons. The number of hydrogen-bond donors (Lipinski definition) is 6. The van der Waals surface area contributed by atoms with E-state index in [4.69, 9.17) is 24.4 Å². The highest BCUT2D eigenvalue weighted by atomic mass is 16.8. The molecule has 0 aliphatic carbocycles. The molecule has 0 saturated carbocycles. The van der Waals surface area contributed by atoms with Gasteiger partial charge in [0, 0.05) is 12.8 Å². The van der Waals surface area contributed by atoms with Crippen LogP contribution in [-0.4, -0.2) is 93.1 Å². The first-order chi connectivity index (χ1) is 9.96. The molecule has 9 heteroatoms. The SMILES string of the molecule is OC[C@H]1O[C@H](O[C@@H]2C[C@@H](O)[C@@H](O)[C@@H](CO)O2)C[C@@H](O)[C@H]1O. The van der Waals surface area contributed by atoms with Gasteiger partial charge in [0.15, 0.2) is 12.6 Å². The molecule has 0 unspecified atom stereocenters. The van der Waals surface area contributed by atoms with Gasteiger partial charge in [-0.2, -0.15) is 0 Å². The summed E-state index contributed by atoms with van der Waals surface area (Å²) in [4.78, 5) is 0. The van der Waals surface area contributed by atoms with Crippen LogP contribution in [0.3, 0.4) is 0 Å². The minimum Gasteiger partial charge on any atom is -0.394 e. The lowest BCUT2D eigenvalue weighted by Crippen LogP contribution is -2.54. The Balaban J connectivity index is 1.92. The molecule has 2 rings (SSSR count). The van der Waals surface area contributed by atoms with Crippen molar-refractivity contribution in [3.63, 3.8) is 0 Å². The van der Waals surface area contributed by atoms with Gasteiger partial charge in [-0.3, -0.25) is 0 Å². The summed E-state index contributed by atoms with van der Waals surface area (Å²) in [6.45, 7) is -0.964. The summed E-state index contributed by atoms with van der Waals surface area (Å²) in [6.07, 6.45) is -8.54. The Morgan fingerprint density at radius 1 is 0.762 bits per heavy atom. The molecule has 2 saturated heterocycles. The molecule has 6 N–H and O–H groups in total. The highest BCUT2D eigenvalue weighted by Crippen LogP contribution is 2.27. The molecule has 0 aromatic heterocycles. The first-order valence-corrected chi connectivity index (χ1v) is 6.86. The van der Waals surface area contributed by atoms with Crippen molar-refractivity contribution in [1.29, 1.82) is 0 Å². The second kappa shape index (κ2) is 7.27. The fourth-order valence-electron chi connectivity index (χ4n) is 2.48. The largest absolute Gasteiger partial charge is 0.394 e. The van der Waals surface area contributed by atoms with Crippen LogP contribution in [-0.2, 0) is 14.2 Å². The first-order valence-electron chi connectivity index (χ1n) is 6.86. The molecule has 2 aliphatic heterocycles. The van der Waals surface area contributed by atoms with Crippen molar-refractivity contribution in [2.45, 2.75) is 62.0 Å². The number of aliphatic hydroxyl groups is 6. The summed E-state index contributed by atoms with van der Waals surface area (Å²) in [5.74, 6) is 0. The van der Waals surface area contributed by atoms with Gasteiger partial charge in [-0.05, 0) is 0 Å². The van der Waals surface area contributed by atoms with Crippen molar-refractivity contribution in [3.8, 4) is 0 Å². The van der Waals surface area contributed by atoms with Gasteiger partial charge in [-0.25, -0.2) is 0 Å². The number of ether oxygens (including phenoxy) is 3. The molecule has 0 aromatic carbocycles. The zero-order chi connectivity index (χ0) is 15.6. The predicted octanol–water partition coefficient (Wildman–Crippen LogP) is -3.34. The zero-order valence-corrected chi connectivity index (χ0v) is 11.4. The summed E-state index contributed by atoms with van der Waals surface area (Å²) in [5.41, 5.74) is 0. The first kappa shape index (κ1) is 17.0. The monoisotopic (exact) mass is 310 g/mol. The van der Waals surface area contributed by atoms with E-state index in [9.17, 15) is 20.4 Å². The van der Waals surface area contributed by atoms with Crippen molar-refractivity contribution in [3.05, 3.63) is 0 Å². The van der Waals surface area contributed by atoms with Gasteiger partial charge in [-0.1, -0.05) is 0 Å². The molecular weight excluding hydrogens is 288 g/mol. The molecule has 0 bridgehead atoms. The van der Waals surface area contributed by atoms with Gasteiger partial charge in [0.25, 0.3) is 0 Å². The van der Waals surface area contributed by atoms with Crippen LogP contribution in [0.1, 0.15) is 12.8 Å². The molecule has 0 amide bonds. The molecule has 0 radical (unpaired) electrons. The summed E-state index contributed by atoms with van der Waals surface area (Å²) >= 11 is 0. The predicted molar refractivity (Wildman–Crippen MR) is 65.8 cm³/mol. The van der Waals surface area contributed by atoms with Gasteiger partial charge >= 0.3 is 0 Å². The van der Waals surface area contributed by atoms with Crippen LogP contribution < -0.4 is 0 Å². The minimum absolute atomic E-state index is 0.0278.